The van der Waals surface area contributed by atoms with E-state index in [0.717, 1.165) is 26.2 Å². The van der Waals surface area contributed by atoms with Crippen LogP contribution in [-0.4, -0.2) is 36.0 Å². The van der Waals surface area contributed by atoms with Crippen LogP contribution in [0.1, 0.15) is 27.7 Å². The van der Waals surface area contributed by atoms with Gasteiger partial charge in [-0.1, -0.05) is 27.7 Å². The van der Waals surface area contributed by atoms with Gasteiger partial charge in [-0.3, -0.25) is 4.57 Å². The van der Waals surface area contributed by atoms with Crippen LogP contribution in [0.25, 0.3) is 0 Å². The fourth-order valence-electron chi connectivity index (χ4n) is 0.500. The van der Waals surface area contributed by atoms with Crippen LogP contribution in [0.4, 0.5) is 0 Å². The van der Waals surface area contributed by atoms with Gasteiger partial charge in [-0.15, -0.1) is 0 Å². The molecule has 0 rings (SSSR count). The van der Waals surface area contributed by atoms with Gasteiger partial charge in [-0.2, -0.15) is 0 Å². The maximum atomic E-state index is 8.74. The van der Waals surface area contributed by atoms with Crippen LogP contribution in [-0.2, 0) is 4.57 Å². The molecule has 0 radical (unpaired) electrons. The van der Waals surface area contributed by atoms with E-state index in [9.17, 15) is 0 Å². The molecular formula is C8H25N2O3P. The van der Waals surface area contributed by atoms with Gasteiger partial charge < -0.3 is 20.4 Å². The summed E-state index contributed by atoms with van der Waals surface area (Å²) in [5, 5.41) is 6.22. The zero-order chi connectivity index (χ0) is 11.8. The van der Waals surface area contributed by atoms with E-state index in [1.165, 1.54) is 0 Å². The molecule has 0 aliphatic rings. The molecule has 0 aromatic rings. The fourth-order valence-corrected chi connectivity index (χ4v) is 0.500. The van der Waals surface area contributed by atoms with Crippen molar-refractivity contribution >= 4 is 8.25 Å². The van der Waals surface area contributed by atoms with E-state index in [2.05, 4.69) is 38.3 Å². The van der Waals surface area contributed by atoms with Gasteiger partial charge in [0.1, 0.15) is 0 Å². The van der Waals surface area contributed by atoms with Crippen molar-refractivity contribution in [2.24, 2.45) is 0 Å². The Hall–Kier alpha value is 0.0700. The molecule has 4 N–H and O–H groups in total. The molecule has 0 saturated carbocycles. The maximum Gasteiger partial charge on any atom is 0.314 e. The highest BCUT2D eigenvalue weighted by molar-refractivity contribution is 7.30. The third kappa shape index (κ3) is 89.3. The molecule has 0 saturated heterocycles. The summed E-state index contributed by atoms with van der Waals surface area (Å²) >= 11 is 0. The van der Waals surface area contributed by atoms with Crippen LogP contribution in [0.5, 0.6) is 0 Å². The van der Waals surface area contributed by atoms with Crippen LogP contribution >= 0.6 is 8.25 Å². The van der Waals surface area contributed by atoms with Gasteiger partial charge in [0.05, 0.1) is 0 Å². The second-order valence-electron chi connectivity index (χ2n) is 2.20. The van der Waals surface area contributed by atoms with Gasteiger partial charge in [0.2, 0.25) is 0 Å². The molecular weight excluding hydrogens is 203 g/mol. The third-order valence-electron chi connectivity index (χ3n) is 1.000. The summed E-state index contributed by atoms with van der Waals surface area (Å²) in [5.41, 5.74) is 0. The number of hydrogen-bond acceptors (Lipinski definition) is 3. The van der Waals surface area contributed by atoms with Gasteiger partial charge >= 0.3 is 8.25 Å². The molecule has 0 amide bonds. The molecule has 0 aliphatic heterocycles. The smallest absolute Gasteiger partial charge is 0.314 e. The molecule has 5 nitrogen and oxygen atoms in total. The van der Waals surface area contributed by atoms with Crippen molar-refractivity contribution in [3.8, 4) is 0 Å². The quantitative estimate of drug-likeness (QED) is 0.530. The zero-order valence-electron chi connectivity index (χ0n) is 9.63. The van der Waals surface area contributed by atoms with E-state index < -0.39 is 8.25 Å². The largest absolute Gasteiger partial charge is 0.326 e. The highest BCUT2D eigenvalue weighted by atomic mass is 31.1. The van der Waals surface area contributed by atoms with Gasteiger partial charge in [-0.25, -0.2) is 0 Å². The molecule has 0 aliphatic carbocycles. The molecule has 90 valence electrons. The Bertz CT molecular complexity index is 90.6. The molecule has 0 aromatic carbocycles. The Labute approximate surface area is 87.9 Å². The Morgan fingerprint density at radius 3 is 1.00 bits per heavy atom. The lowest BCUT2D eigenvalue weighted by Crippen LogP contribution is -2.09. The summed E-state index contributed by atoms with van der Waals surface area (Å²) < 4.78 is 8.74. The molecule has 0 spiro atoms. The Kier molecular flexibility index (Phi) is 32.4. The zero-order valence-corrected chi connectivity index (χ0v) is 10.6. The van der Waals surface area contributed by atoms with Crippen molar-refractivity contribution in [1.82, 2.24) is 10.6 Å². The van der Waals surface area contributed by atoms with Crippen molar-refractivity contribution in [2.45, 2.75) is 27.7 Å². The molecule has 0 unspecified atom stereocenters. The molecule has 14 heavy (non-hydrogen) atoms. The number of rotatable bonds is 4. The summed E-state index contributed by atoms with van der Waals surface area (Å²) in [7, 11) is -3.13. The molecule has 0 atom stereocenters. The topological polar surface area (TPSA) is 81.6 Å². The van der Waals surface area contributed by atoms with Gasteiger partial charge in [0, 0.05) is 0 Å². The summed E-state index contributed by atoms with van der Waals surface area (Å²) in [6.45, 7) is 12.8. The average Bonchev–Trinajstić information content (AvgIpc) is 2.07. The number of hydrogen-bond donors (Lipinski definition) is 4. The van der Waals surface area contributed by atoms with Crippen molar-refractivity contribution in [2.75, 3.05) is 26.2 Å². The van der Waals surface area contributed by atoms with E-state index >= 15 is 0 Å². The maximum absolute atomic E-state index is 8.74. The SMILES string of the molecule is CCNCC.CCNCC.O=[PH](O)O. The van der Waals surface area contributed by atoms with Crippen LogP contribution in [0, 0.1) is 0 Å². The minimum absolute atomic E-state index is 1.09. The van der Waals surface area contributed by atoms with E-state index in [1.807, 2.05) is 0 Å². The minimum atomic E-state index is -3.13. The van der Waals surface area contributed by atoms with Crippen molar-refractivity contribution < 1.29 is 14.4 Å². The van der Waals surface area contributed by atoms with E-state index in [1.54, 1.807) is 0 Å². The summed E-state index contributed by atoms with van der Waals surface area (Å²) in [6.07, 6.45) is 0. The minimum Gasteiger partial charge on any atom is -0.326 e. The third-order valence-corrected chi connectivity index (χ3v) is 1.000. The molecule has 0 bridgehead atoms. The number of nitrogens with one attached hydrogen (secondary N) is 2. The van der Waals surface area contributed by atoms with Crippen molar-refractivity contribution in [3.63, 3.8) is 0 Å². The van der Waals surface area contributed by atoms with E-state index in [4.69, 9.17) is 14.4 Å². The summed E-state index contributed by atoms with van der Waals surface area (Å²) in [6, 6.07) is 0. The second-order valence-corrected chi connectivity index (χ2v) is 2.76. The average molecular weight is 228 g/mol. The summed E-state index contributed by atoms with van der Waals surface area (Å²) in [4.78, 5) is 14.3. The van der Waals surface area contributed by atoms with Gasteiger partial charge in [-0.05, 0) is 26.2 Å². The monoisotopic (exact) mass is 228 g/mol. The van der Waals surface area contributed by atoms with E-state index in [0.29, 0.717) is 0 Å². The first kappa shape index (κ1) is 19.6. The first-order chi connectivity index (χ1) is 6.56. The lowest BCUT2D eigenvalue weighted by Gasteiger charge is -1.86. The molecule has 6 heteroatoms. The highest BCUT2D eigenvalue weighted by Crippen LogP contribution is 1.98. The first-order valence-electron chi connectivity index (χ1n) is 4.89. The predicted molar refractivity (Wildman–Crippen MR) is 61.9 cm³/mol. The molecule has 0 fully saturated rings. The van der Waals surface area contributed by atoms with Crippen LogP contribution < -0.4 is 10.6 Å². The lowest BCUT2D eigenvalue weighted by molar-refractivity contribution is 0.405. The second kappa shape index (κ2) is 23.1. The Balaban J connectivity index is -0.000000131. The van der Waals surface area contributed by atoms with Crippen LogP contribution in [0.15, 0.2) is 0 Å². The lowest BCUT2D eigenvalue weighted by atomic mass is 10.7. The highest BCUT2D eigenvalue weighted by Gasteiger charge is 1.63. The Morgan fingerprint density at radius 2 is 1.00 bits per heavy atom. The van der Waals surface area contributed by atoms with Gasteiger partial charge in [0.25, 0.3) is 0 Å². The van der Waals surface area contributed by atoms with Crippen LogP contribution in [0.3, 0.4) is 0 Å². The van der Waals surface area contributed by atoms with Crippen molar-refractivity contribution in [3.05, 3.63) is 0 Å². The van der Waals surface area contributed by atoms with Gasteiger partial charge in [0.15, 0.2) is 0 Å². The molecule has 0 heterocycles. The van der Waals surface area contributed by atoms with Crippen molar-refractivity contribution in [1.29, 1.82) is 0 Å². The van der Waals surface area contributed by atoms with Crippen LogP contribution in [0.2, 0.25) is 0 Å². The predicted octanol–water partition coefficient (Wildman–Crippen LogP) is 0.592. The standard InChI is InChI=1S/2C4H11N.H3O3P/c2*1-3-5-4-2;1-4(2)3/h2*5H,3-4H2,1-2H3;4H,(H2,1,2,3). The first-order valence-corrected chi connectivity index (χ1v) is 6.20. The molecule has 0 aromatic heterocycles. The summed E-state index contributed by atoms with van der Waals surface area (Å²) in [5.74, 6) is 0. The fraction of sp³-hybridized carbons (Fsp3) is 1.00. The van der Waals surface area contributed by atoms with E-state index in [-0.39, 0.29) is 0 Å². The normalized spacial score (nSPS) is 8.50. The Morgan fingerprint density at radius 1 is 0.857 bits per heavy atom.